The second kappa shape index (κ2) is 9.12. The van der Waals surface area contributed by atoms with Gasteiger partial charge in [-0.1, -0.05) is 24.8 Å². The average molecular weight is 340 g/mol. The lowest BCUT2D eigenvalue weighted by atomic mass is 10.2. The molecule has 2 rings (SSSR count). The van der Waals surface area contributed by atoms with Crippen LogP contribution in [-0.2, 0) is 0 Å². The molecule has 25 heavy (non-hydrogen) atoms. The SMILES string of the molecule is C=CCOc1ccc(C(=O)N/N=C/c2cccc(O)c2)cc1OCC. The Bertz CT molecular complexity index is 772. The third kappa shape index (κ3) is 5.39. The Kier molecular flexibility index (Phi) is 6.59. The van der Waals surface area contributed by atoms with Crippen LogP contribution >= 0.6 is 0 Å². The molecule has 1 amide bonds. The maximum Gasteiger partial charge on any atom is 0.271 e. The molecule has 2 N–H and O–H groups in total. The second-order valence-electron chi connectivity index (χ2n) is 4.99. The van der Waals surface area contributed by atoms with Gasteiger partial charge in [0.25, 0.3) is 5.91 Å². The van der Waals surface area contributed by atoms with E-state index in [-0.39, 0.29) is 11.7 Å². The number of hydrogen-bond acceptors (Lipinski definition) is 5. The van der Waals surface area contributed by atoms with Gasteiger partial charge in [0.15, 0.2) is 11.5 Å². The van der Waals surface area contributed by atoms with Crippen molar-refractivity contribution in [3.63, 3.8) is 0 Å². The Hall–Kier alpha value is -3.28. The van der Waals surface area contributed by atoms with E-state index in [4.69, 9.17) is 9.47 Å². The van der Waals surface area contributed by atoms with Gasteiger partial charge >= 0.3 is 0 Å². The van der Waals surface area contributed by atoms with Gasteiger partial charge < -0.3 is 14.6 Å². The van der Waals surface area contributed by atoms with E-state index in [1.807, 2.05) is 6.92 Å². The Morgan fingerprint density at radius 3 is 2.80 bits per heavy atom. The van der Waals surface area contributed by atoms with Gasteiger partial charge in [0.05, 0.1) is 12.8 Å². The number of nitrogens with one attached hydrogen (secondary N) is 1. The first kappa shape index (κ1) is 18.1. The topological polar surface area (TPSA) is 80.2 Å². The summed E-state index contributed by atoms with van der Waals surface area (Å²) in [6, 6.07) is 11.4. The summed E-state index contributed by atoms with van der Waals surface area (Å²) >= 11 is 0. The fourth-order valence-corrected chi connectivity index (χ4v) is 2.02. The van der Waals surface area contributed by atoms with Gasteiger partial charge in [-0.15, -0.1) is 0 Å². The number of hydrazone groups is 1. The quantitative estimate of drug-likeness (QED) is 0.439. The number of carbonyl (C=O) groups excluding carboxylic acids is 1. The van der Waals surface area contributed by atoms with Crippen LogP contribution in [0.15, 0.2) is 60.2 Å². The van der Waals surface area contributed by atoms with Crippen molar-refractivity contribution in [1.82, 2.24) is 5.43 Å². The highest BCUT2D eigenvalue weighted by molar-refractivity contribution is 5.95. The summed E-state index contributed by atoms with van der Waals surface area (Å²) in [5.41, 5.74) is 3.50. The molecule has 0 radical (unpaired) electrons. The lowest BCUT2D eigenvalue weighted by molar-refractivity contribution is 0.0954. The van der Waals surface area contributed by atoms with Gasteiger partial charge in [0.2, 0.25) is 0 Å². The van der Waals surface area contributed by atoms with Crippen molar-refractivity contribution in [3.05, 3.63) is 66.2 Å². The Morgan fingerprint density at radius 2 is 2.08 bits per heavy atom. The van der Waals surface area contributed by atoms with Crippen molar-refractivity contribution in [2.45, 2.75) is 6.92 Å². The van der Waals surface area contributed by atoms with Gasteiger partial charge in [-0.3, -0.25) is 4.79 Å². The number of hydrogen-bond donors (Lipinski definition) is 2. The van der Waals surface area contributed by atoms with Gasteiger partial charge in [-0.25, -0.2) is 5.43 Å². The molecule has 6 heteroatoms. The third-order valence-corrected chi connectivity index (χ3v) is 3.11. The molecule has 0 saturated heterocycles. The van der Waals surface area contributed by atoms with E-state index in [1.54, 1.807) is 42.5 Å². The molecule has 0 spiro atoms. The zero-order valence-electron chi connectivity index (χ0n) is 13.9. The minimum Gasteiger partial charge on any atom is -0.508 e. The minimum atomic E-state index is -0.382. The van der Waals surface area contributed by atoms with Crippen LogP contribution < -0.4 is 14.9 Å². The van der Waals surface area contributed by atoms with Crippen molar-refractivity contribution < 1.29 is 19.4 Å². The minimum absolute atomic E-state index is 0.131. The molecule has 2 aromatic rings. The number of amides is 1. The molecule has 0 bridgehead atoms. The standard InChI is InChI=1S/C19H20N2O4/c1-3-10-25-17-9-8-15(12-18(17)24-4-2)19(23)21-20-13-14-6-5-7-16(22)11-14/h3,5-9,11-13,22H,1,4,10H2,2H3,(H,21,23)/b20-13+. The summed E-state index contributed by atoms with van der Waals surface area (Å²) in [4.78, 5) is 12.2. The molecule has 0 saturated carbocycles. The van der Waals surface area contributed by atoms with Crippen LogP contribution in [0, 0.1) is 0 Å². The lowest BCUT2D eigenvalue weighted by Gasteiger charge is -2.11. The molecular formula is C19H20N2O4. The number of rotatable bonds is 8. The van der Waals surface area contributed by atoms with E-state index < -0.39 is 0 Å². The first-order chi connectivity index (χ1) is 12.1. The average Bonchev–Trinajstić information content (AvgIpc) is 2.61. The van der Waals surface area contributed by atoms with Crippen LogP contribution in [0.3, 0.4) is 0 Å². The number of carbonyl (C=O) groups is 1. The molecule has 0 fully saturated rings. The second-order valence-corrected chi connectivity index (χ2v) is 4.99. The van der Waals surface area contributed by atoms with E-state index in [9.17, 15) is 9.90 Å². The zero-order chi connectivity index (χ0) is 18.1. The van der Waals surface area contributed by atoms with E-state index >= 15 is 0 Å². The monoisotopic (exact) mass is 340 g/mol. The van der Waals surface area contributed by atoms with Gasteiger partial charge in [0, 0.05) is 5.56 Å². The number of phenols is 1. The predicted octanol–water partition coefficient (Wildman–Crippen LogP) is 3.12. The molecule has 0 aliphatic rings. The van der Waals surface area contributed by atoms with E-state index in [2.05, 4.69) is 17.1 Å². The summed E-state index contributed by atoms with van der Waals surface area (Å²) in [7, 11) is 0. The van der Waals surface area contributed by atoms with Crippen LogP contribution in [0.5, 0.6) is 17.2 Å². The first-order valence-electron chi connectivity index (χ1n) is 7.77. The van der Waals surface area contributed by atoms with Crippen LogP contribution in [-0.4, -0.2) is 30.4 Å². The van der Waals surface area contributed by atoms with Crippen LogP contribution in [0.25, 0.3) is 0 Å². The van der Waals surface area contributed by atoms with Crippen LogP contribution in [0.2, 0.25) is 0 Å². The number of benzene rings is 2. The molecule has 0 atom stereocenters. The Balaban J connectivity index is 2.07. The van der Waals surface area contributed by atoms with Gasteiger partial charge in [0.1, 0.15) is 12.4 Å². The summed E-state index contributed by atoms with van der Waals surface area (Å²) in [5, 5.41) is 13.3. The third-order valence-electron chi connectivity index (χ3n) is 3.11. The summed E-state index contributed by atoms with van der Waals surface area (Å²) < 4.78 is 11.0. The van der Waals surface area contributed by atoms with Crippen molar-refractivity contribution in [2.75, 3.05) is 13.2 Å². The first-order valence-corrected chi connectivity index (χ1v) is 7.77. The van der Waals surface area contributed by atoms with Crippen molar-refractivity contribution in [1.29, 1.82) is 0 Å². The van der Waals surface area contributed by atoms with Crippen molar-refractivity contribution >= 4 is 12.1 Å². The summed E-state index contributed by atoms with van der Waals surface area (Å²) in [6.07, 6.45) is 3.08. The van der Waals surface area contributed by atoms with Crippen LogP contribution in [0.1, 0.15) is 22.8 Å². The largest absolute Gasteiger partial charge is 0.508 e. The van der Waals surface area contributed by atoms with E-state index in [0.717, 1.165) is 0 Å². The highest BCUT2D eigenvalue weighted by atomic mass is 16.5. The number of nitrogens with zero attached hydrogens (tertiary/aromatic N) is 1. The number of aromatic hydroxyl groups is 1. The molecule has 0 aliphatic heterocycles. The van der Waals surface area contributed by atoms with E-state index in [0.29, 0.717) is 35.8 Å². The highest BCUT2D eigenvalue weighted by Gasteiger charge is 2.11. The Morgan fingerprint density at radius 1 is 1.24 bits per heavy atom. The molecule has 0 unspecified atom stereocenters. The number of phenolic OH excluding ortho intramolecular Hbond substituents is 1. The molecular weight excluding hydrogens is 320 g/mol. The highest BCUT2D eigenvalue weighted by Crippen LogP contribution is 2.28. The maximum atomic E-state index is 12.2. The van der Waals surface area contributed by atoms with E-state index in [1.165, 1.54) is 12.3 Å². The van der Waals surface area contributed by atoms with Gasteiger partial charge in [-0.2, -0.15) is 5.10 Å². The summed E-state index contributed by atoms with van der Waals surface area (Å²) in [6.45, 7) is 6.25. The normalized spacial score (nSPS) is 10.4. The molecule has 0 aromatic heterocycles. The van der Waals surface area contributed by atoms with Crippen molar-refractivity contribution in [2.24, 2.45) is 5.10 Å². The molecule has 0 aliphatic carbocycles. The number of ether oxygens (including phenoxy) is 2. The summed E-state index contributed by atoms with van der Waals surface area (Å²) in [5.74, 6) is 0.773. The lowest BCUT2D eigenvalue weighted by Crippen LogP contribution is -2.17. The maximum absolute atomic E-state index is 12.2. The van der Waals surface area contributed by atoms with Crippen LogP contribution in [0.4, 0.5) is 0 Å². The molecule has 130 valence electrons. The van der Waals surface area contributed by atoms with Crippen molar-refractivity contribution in [3.8, 4) is 17.2 Å². The molecule has 2 aromatic carbocycles. The molecule has 0 heterocycles. The fraction of sp³-hybridized carbons (Fsp3) is 0.158. The predicted molar refractivity (Wildman–Crippen MR) is 96.5 cm³/mol. The zero-order valence-corrected chi connectivity index (χ0v) is 13.9. The smallest absolute Gasteiger partial charge is 0.271 e. The molecule has 6 nitrogen and oxygen atoms in total. The van der Waals surface area contributed by atoms with Gasteiger partial charge in [-0.05, 0) is 42.8 Å². The fourth-order valence-electron chi connectivity index (χ4n) is 2.02. The Labute approximate surface area is 146 Å².